The van der Waals surface area contributed by atoms with E-state index in [0.29, 0.717) is 5.56 Å². The molecule has 0 aliphatic rings. The van der Waals surface area contributed by atoms with Gasteiger partial charge >= 0.3 is 5.97 Å². The zero-order chi connectivity index (χ0) is 22.4. The smallest absolute Gasteiger partial charge is 0.337 e. The summed E-state index contributed by atoms with van der Waals surface area (Å²) in [5.74, 6) is -0.621. The Balaban J connectivity index is 1.66. The van der Waals surface area contributed by atoms with Gasteiger partial charge in [-0.05, 0) is 57.2 Å². The van der Waals surface area contributed by atoms with Crippen molar-refractivity contribution in [1.29, 1.82) is 0 Å². The molecule has 0 aliphatic heterocycles. The number of hydrogen-bond donors (Lipinski definition) is 2. The summed E-state index contributed by atoms with van der Waals surface area (Å²) in [6, 6.07) is 17.0. The van der Waals surface area contributed by atoms with Crippen LogP contribution in [0.15, 0.2) is 59.7 Å². The lowest BCUT2D eigenvalue weighted by Crippen LogP contribution is -2.25. The van der Waals surface area contributed by atoms with Crippen molar-refractivity contribution < 1.29 is 14.3 Å². The Hall–Kier alpha value is -3.87. The predicted octanol–water partition coefficient (Wildman–Crippen LogP) is 3.75. The molecule has 160 valence electrons. The molecule has 0 bridgehead atoms. The average Bonchev–Trinajstić information content (AvgIpc) is 3.05. The number of esters is 1. The fourth-order valence-electron chi connectivity index (χ4n) is 3.27. The molecule has 31 heavy (non-hydrogen) atoms. The number of benzene rings is 2. The van der Waals surface area contributed by atoms with Crippen molar-refractivity contribution >= 4 is 23.8 Å². The molecule has 0 atom stereocenters. The van der Waals surface area contributed by atoms with Crippen LogP contribution in [0, 0.1) is 20.8 Å². The molecule has 2 N–H and O–H groups in total. The van der Waals surface area contributed by atoms with E-state index in [2.05, 4.69) is 15.8 Å². The van der Waals surface area contributed by atoms with E-state index in [0.717, 1.165) is 33.9 Å². The Bertz CT molecular complexity index is 1110. The summed E-state index contributed by atoms with van der Waals surface area (Å²) in [6.07, 6.45) is 1.62. The van der Waals surface area contributed by atoms with Gasteiger partial charge in [0.25, 0.3) is 5.91 Å². The molecule has 0 spiro atoms. The number of amides is 1. The third-order valence-corrected chi connectivity index (χ3v) is 4.89. The highest BCUT2D eigenvalue weighted by atomic mass is 16.5. The maximum Gasteiger partial charge on any atom is 0.337 e. The van der Waals surface area contributed by atoms with Crippen LogP contribution in [0.4, 0.5) is 5.69 Å². The van der Waals surface area contributed by atoms with E-state index in [1.54, 1.807) is 18.3 Å². The Morgan fingerprint density at radius 3 is 2.52 bits per heavy atom. The molecule has 0 fully saturated rings. The summed E-state index contributed by atoms with van der Waals surface area (Å²) in [7, 11) is 1.36. The highest BCUT2D eigenvalue weighted by Crippen LogP contribution is 2.21. The summed E-state index contributed by atoms with van der Waals surface area (Å²) >= 11 is 0. The van der Waals surface area contributed by atoms with E-state index in [9.17, 15) is 9.59 Å². The first-order valence-corrected chi connectivity index (χ1v) is 9.89. The van der Waals surface area contributed by atoms with Gasteiger partial charge in [-0.25, -0.2) is 10.2 Å². The molecule has 2 aromatic carbocycles. The van der Waals surface area contributed by atoms with E-state index in [-0.39, 0.29) is 18.4 Å². The minimum absolute atomic E-state index is 0.125. The van der Waals surface area contributed by atoms with Crippen molar-refractivity contribution in [2.45, 2.75) is 20.8 Å². The molecule has 0 saturated heterocycles. The third kappa shape index (κ3) is 5.39. The number of aryl methyl sites for hydroxylation is 2. The second kappa shape index (κ2) is 9.75. The van der Waals surface area contributed by atoms with Crippen LogP contribution in [0.25, 0.3) is 5.69 Å². The van der Waals surface area contributed by atoms with Crippen LogP contribution in [0.5, 0.6) is 0 Å². The lowest BCUT2D eigenvalue weighted by molar-refractivity contribution is -0.119. The van der Waals surface area contributed by atoms with E-state index in [1.807, 2.05) is 67.8 Å². The van der Waals surface area contributed by atoms with Crippen LogP contribution in [0.3, 0.4) is 0 Å². The van der Waals surface area contributed by atoms with Crippen molar-refractivity contribution in [3.63, 3.8) is 0 Å². The molecule has 1 amide bonds. The summed E-state index contributed by atoms with van der Waals surface area (Å²) in [6.45, 7) is 6.07. The molecule has 7 heteroatoms. The quantitative estimate of drug-likeness (QED) is 0.348. The number of carbonyl (C=O) groups excluding carboxylic acids is 2. The molecular formula is C24H26N4O3. The normalized spacial score (nSPS) is 10.8. The van der Waals surface area contributed by atoms with Crippen LogP contribution in [0.2, 0.25) is 0 Å². The molecule has 0 radical (unpaired) electrons. The van der Waals surface area contributed by atoms with Crippen LogP contribution in [0.1, 0.15) is 32.9 Å². The minimum atomic E-state index is -0.381. The van der Waals surface area contributed by atoms with Gasteiger partial charge in [0.05, 0.1) is 25.4 Å². The number of rotatable bonds is 7. The number of nitrogens with one attached hydrogen (secondary N) is 2. The van der Waals surface area contributed by atoms with E-state index < -0.39 is 0 Å². The standard InChI is InChI=1S/C24H26N4O3/c1-16-8-10-21(11-9-16)25-15-23(29)27-26-14-20-12-17(2)28(18(20)3)22-7-5-6-19(13-22)24(30)31-4/h5-14,25H,15H2,1-4H3,(H,27,29)/b26-14-. The van der Waals surface area contributed by atoms with Gasteiger partial charge in [-0.3, -0.25) is 4.79 Å². The SMILES string of the molecule is COC(=O)c1cccc(-n2c(C)cc(/C=N\NC(=O)CNc3ccc(C)cc3)c2C)c1. The third-order valence-electron chi connectivity index (χ3n) is 4.89. The number of hydrazone groups is 1. The van der Waals surface area contributed by atoms with Crippen molar-refractivity contribution in [2.75, 3.05) is 19.0 Å². The maximum absolute atomic E-state index is 12.0. The second-order valence-corrected chi connectivity index (χ2v) is 7.22. The van der Waals surface area contributed by atoms with E-state index >= 15 is 0 Å². The van der Waals surface area contributed by atoms with Gasteiger partial charge < -0.3 is 14.6 Å². The summed E-state index contributed by atoms with van der Waals surface area (Å²) in [4.78, 5) is 23.9. The molecule has 0 aliphatic carbocycles. The Kier molecular flexibility index (Phi) is 6.87. The first kappa shape index (κ1) is 21.8. The molecule has 3 aromatic rings. The zero-order valence-electron chi connectivity index (χ0n) is 18.1. The summed E-state index contributed by atoms with van der Waals surface area (Å²) in [5.41, 5.74) is 8.70. The van der Waals surface area contributed by atoms with Crippen molar-refractivity contribution in [3.8, 4) is 5.69 Å². The molecule has 0 unspecified atom stereocenters. The molecule has 1 heterocycles. The lowest BCUT2D eigenvalue weighted by Gasteiger charge is -2.11. The first-order chi connectivity index (χ1) is 14.9. The summed E-state index contributed by atoms with van der Waals surface area (Å²) < 4.78 is 6.83. The topological polar surface area (TPSA) is 84.7 Å². The van der Waals surface area contributed by atoms with Gasteiger partial charge in [0, 0.05) is 28.3 Å². The zero-order valence-corrected chi connectivity index (χ0v) is 18.1. The maximum atomic E-state index is 12.0. The van der Waals surface area contributed by atoms with Gasteiger partial charge in [0.1, 0.15) is 0 Å². The highest BCUT2D eigenvalue weighted by Gasteiger charge is 2.12. The Labute approximate surface area is 181 Å². The van der Waals surface area contributed by atoms with Crippen molar-refractivity contribution in [1.82, 2.24) is 9.99 Å². The van der Waals surface area contributed by atoms with Crippen LogP contribution in [-0.4, -0.2) is 36.3 Å². The number of hydrogen-bond acceptors (Lipinski definition) is 5. The number of methoxy groups -OCH3 is 1. The van der Waals surface area contributed by atoms with Gasteiger partial charge in [-0.15, -0.1) is 0 Å². The molecule has 3 rings (SSSR count). The van der Waals surface area contributed by atoms with Crippen LogP contribution >= 0.6 is 0 Å². The highest BCUT2D eigenvalue weighted by molar-refractivity contribution is 5.90. The molecule has 7 nitrogen and oxygen atoms in total. The first-order valence-electron chi connectivity index (χ1n) is 9.89. The number of ether oxygens (including phenoxy) is 1. The predicted molar refractivity (Wildman–Crippen MR) is 122 cm³/mol. The van der Waals surface area contributed by atoms with E-state index in [4.69, 9.17) is 4.74 Å². The molecule has 1 aromatic heterocycles. The monoisotopic (exact) mass is 418 g/mol. The number of nitrogens with zero attached hydrogens (tertiary/aromatic N) is 2. The van der Waals surface area contributed by atoms with Gasteiger partial charge in [0.2, 0.25) is 0 Å². The van der Waals surface area contributed by atoms with Gasteiger partial charge in [-0.1, -0.05) is 23.8 Å². The van der Waals surface area contributed by atoms with E-state index in [1.165, 1.54) is 7.11 Å². The largest absolute Gasteiger partial charge is 0.465 e. The number of aromatic nitrogens is 1. The fourth-order valence-corrected chi connectivity index (χ4v) is 3.27. The minimum Gasteiger partial charge on any atom is -0.465 e. The molecule has 0 saturated carbocycles. The van der Waals surface area contributed by atoms with Crippen LogP contribution < -0.4 is 10.7 Å². The summed E-state index contributed by atoms with van der Waals surface area (Å²) in [5, 5.41) is 7.14. The number of carbonyl (C=O) groups is 2. The molecular weight excluding hydrogens is 392 g/mol. The number of anilines is 1. The average molecular weight is 418 g/mol. The fraction of sp³-hybridized carbons (Fsp3) is 0.208. The Morgan fingerprint density at radius 1 is 1.06 bits per heavy atom. The van der Waals surface area contributed by atoms with Gasteiger partial charge in [0.15, 0.2) is 0 Å². The van der Waals surface area contributed by atoms with Crippen LogP contribution in [-0.2, 0) is 9.53 Å². The van der Waals surface area contributed by atoms with Crippen molar-refractivity contribution in [2.24, 2.45) is 5.10 Å². The van der Waals surface area contributed by atoms with Gasteiger partial charge in [-0.2, -0.15) is 5.10 Å². The second-order valence-electron chi connectivity index (χ2n) is 7.22. The lowest BCUT2D eigenvalue weighted by atomic mass is 10.2. The van der Waals surface area contributed by atoms with Crippen molar-refractivity contribution in [3.05, 3.63) is 82.7 Å². The Morgan fingerprint density at radius 2 is 1.81 bits per heavy atom.